The van der Waals surface area contributed by atoms with E-state index in [0.717, 1.165) is 17.8 Å². The van der Waals surface area contributed by atoms with Crippen molar-refractivity contribution in [2.24, 2.45) is 5.16 Å². The van der Waals surface area contributed by atoms with Crippen molar-refractivity contribution in [1.29, 1.82) is 0 Å². The molecule has 6 heteroatoms. The molecule has 3 heterocycles. The summed E-state index contributed by atoms with van der Waals surface area (Å²) < 4.78 is 5.37. The van der Waals surface area contributed by atoms with Gasteiger partial charge in [-0.25, -0.2) is 0 Å². The molecule has 0 bridgehead atoms. The van der Waals surface area contributed by atoms with E-state index in [0.29, 0.717) is 18.1 Å². The van der Waals surface area contributed by atoms with Gasteiger partial charge in [0.2, 0.25) is 11.9 Å². The minimum Gasteiger partial charge on any atom is -0.382 e. The Hall–Kier alpha value is -2.21. The molecule has 1 fully saturated rings. The van der Waals surface area contributed by atoms with Gasteiger partial charge in [-0.2, -0.15) is 4.98 Å². The fourth-order valence-corrected chi connectivity index (χ4v) is 3.30. The molecule has 6 nitrogen and oxygen atoms in total. The zero-order valence-corrected chi connectivity index (χ0v) is 13.9. The van der Waals surface area contributed by atoms with Crippen LogP contribution in [0.25, 0.3) is 11.4 Å². The average Bonchev–Trinajstić information content (AvgIpc) is 3.25. The van der Waals surface area contributed by atoms with Gasteiger partial charge in [0.15, 0.2) is 0 Å². The minimum atomic E-state index is -0.247. The summed E-state index contributed by atoms with van der Waals surface area (Å²) in [5.74, 6) is 1.10. The van der Waals surface area contributed by atoms with E-state index in [2.05, 4.69) is 38.4 Å². The highest BCUT2D eigenvalue weighted by atomic mass is 16.7. The Morgan fingerprint density at radius 1 is 1.21 bits per heavy atom. The van der Waals surface area contributed by atoms with Gasteiger partial charge in [0.05, 0.1) is 5.71 Å². The Labute approximate surface area is 141 Å². The van der Waals surface area contributed by atoms with Gasteiger partial charge in [0, 0.05) is 18.5 Å². The molecule has 1 aromatic carbocycles. The van der Waals surface area contributed by atoms with Crippen LogP contribution in [0.2, 0.25) is 0 Å². The Morgan fingerprint density at radius 2 is 2.08 bits per heavy atom. The third-order valence-corrected chi connectivity index (χ3v) is 4.57. The predicted molar refractivity (Wildman–Crippen MR) is 90.4 cm³/mol. The largest absolute Gasteiger partial charge is 0.382 e. The Bertz CT molecular complexity index is 734. The van der Waals surface area contributed by atoms with Gasteiger partial charge >= 0.3 is 0 Å². The lowest BCUT2D eigenvalue weighted by Gasteiger charge is -2.26. The molecule has 0 spiro atoms. The third-order valence-electron chi connectivity index (χ3n) is 4.57. The second-order valence-electron chi connectivity index (χ2n) is 6.62. The fourth-order valence-electron chi connectivity index (χ4n) is 3.30. The summed E-state index contributed by atoms with van der Waals surface area (Å²) in [6.07, 6.45) is 4.42. The Kier molecular flexibility index (Phi) is 4.30. The zero-order valence-electron chi connectivity index (χ0n) is 13.9. The molecule has 0 amide bonds. The van der Waals surface area contributed by atoms with Gasteiger partial charge in [-0.3, -0.25) is 4.90 Å². The van der Waals surface area contributed by atoms with Crippen LogP contribution in [0.5, 0.6) is 0 Å². The monoisotopic (exact) mass is 326 g/mol. The summed E-state index contributed by atoms with van der Waals surface area (Å²) in [5.41, 5.74) is 3.22. The van der Waals surface area contributed by atoms with Crippen molar-refractivity contribution < 1.29 is 9.36 Å². The Morgan fingerprint density at radius 3 is 2.88 bits per heavy atom. The van der Waals surface area contributed by atoms with Crippen LogP contribution in [0.3, 0.4) is 0 Å². The summed E-state index contributed by atoms with van der Waals surface area (Å²) in [6, 6.07) is 8.40. The van der Waals surface area contributed by atoms with E-state index in [1.807, 2.05) is 13.0 Å². The first-order chi connectivity index (χ1) is 11.8. The highest BCUT2D eigenvalue weighted by molar-refractivity contribution is 5.82. The van der Waals surface area contributed by atoms with Crippen molar-refractivity contribution >= 4 is 5.71 Å². The molecule has 1 saturated heterocycles. The lowest BCUT2D eigenvalue weighted by atomic mass is 10.1. The quantitative estimate of drug-likeness (QED) is 0.859. The molecule has 4 rings (SSSR count). The van der Waals surface area contributed by atoms with Gasteiger partial charge in [0.25, 0.3) is 5.89 Å². The second-order valence-corrected chi connectivity index (χ2v) is 6.62. The van der Waals surface area contributed by atoms with Crippen LogP contribution in [0.15, 0.2) is 33.9 Å². The summed E-state index contributed by atoms with van der Waals surface area (Å²) in [4.78, 5) is 12.3. The summed E-state index contributed by atoms with van der Waals surface area (Å²) in [7, 11) is 0. The molecule has 126 valence electrons. The van der Waals surface area contributed by atoms with Crippen LogP contribution in [-0.4, -0.2) is 33.8 Å². The molecule has 0 N–H and O–H groups in total. The van der Waals surface area contributed by atoms with Gasteiger partial charge in [-0.15, -0.1) is 0 Å². The number of hydrogen-bond donors (Lipinski definition) is 0. The molecule has 1 atom stereocenters. The van der Waals surface area contributed by atoms with Crippen molar-refractivity contribution in [2.45, 2.75) is 45.3 Å². The van der Waals surface area contributed by atoms with Crippen molar-refractivity contribution in [3.8, 4) is 11.4 Å². The van der Waals surface area contributed by atoms with E-state index >= 15 is 0 Å². The number of aromatic nitrogens is 2. The van der Waals surface area contributed by atoms with E-state index in [9.17, 15) is 0 Å². The topological polar surface area (TPSA) is 63.8 Å². The van der Waals surface area contributed by atoms with Gasteiger partial charge in [-0.05, 0) is 44.5 Å². The van der Waals surface area contributed by atoms with E-state index in [4.69, 9.17) is 9.36 Å². The van der Waals surface area contributed by atoms with Crippen LogP contribution >= 0.6 is 0 Å². The molecule has 0 saturated carbocycles. The molecule has 1 unspecified atom stereocenters. The highest BCUT2D eigenvalue weighted by Gasteiger charge is 2.26. The SMILES string of the molecule is CC1=NOC(c2nc(-c3cccc(CN4CCCCC4)c3)no2)C1. The highest BCUT2D eigenvalue weighted by Crippen LogP contribution is 2.28. The number of rotatable bonds is 4. The summed E-state index contributed by atoms with van der Waals surface area (Å²) in [6.45, 7) is 5.29. The van der Waals surface area contributed by atoms with E-state index in [1.54, 1.807) is 0 Å². The molecule has 2 aliphatic heterocycles. The third kappa shape index (κ3) is 3.33. The van der Waals surface area contributed by atoms with Crippen molar-refractivity contribution in [3.05, 3.63) is 35.7 Å². The Balaban J connectivity index is 1.48. The van der Waals surface area contributed by atoms with E-state index in [-0.39, 0.29) is 6.10 Å². The summed E-state index contributed by atoms with van der Waals surface area (Å²) >= 11 is 0. The maximum atomic E-state index is 5.37. The normalized spacial score (nSPS) is 21.5. The standard InChI is InChI=1S/C18H22N4O2/c1-13-10-16(23-20-13)18-19-17(21-24-18)15-7-5-6-14(11-15)12-22-8-3-2-4-9-22/h5-7,11,16H,2-4,8-10,12H2,1H3. The van der Waals surface area contributed by atoms with Crippen LogP contribution in [-0.2, 0) is 11.4 Å². The van der Waals surface area contributed by atoms with Crippen LogP contribution in [0.1, 0.15) is 50.2 Å². The second kappa shape index (κ2) is 6.73. The maximum absolute atomic E-state index is 5.37. The molecule has 24 heavy (non-hydrogen) atoms. The first kappa shape index (κ1) is 15.3. The average molecular weight is 326 g/mol. The molecule has 0 radical (unpaired) electrons. The van der Waals surface area contributed by atoms with E-state index in [1.165, 1.54) is 37.9 Å². The zero-order chi connectivity index (χ0) is 16.4. The molecule has 0 aliphatic carbocycles. The van der Waals surface area contributed by atoms with Gasteiger partial charge in [-0.1, -0.05) is 34.9 Å². The van der Waals surface area contributed by atoms with Gasteiger partial charge < -0.3 is 9.36 Å². The molecular formula is C18H22N4O2. The number of hydrogen-bond acceptors (Lipinski definition) is 6. The number of oxime groups is 1. The van der Waals surface area contributed by atoms with Crippen molar-refractivity contribution in [1.82, 2.24) is 15.0 Å². The van der Waals surface area contributed by atoms with E-state index < -0.39 is 0 Å². The van der Waals surface area contributed by atoms with Crippen LogP contribution in [0.4, 0.5) is 0 Å². The number of likely N-dealkylation sites (tertiary alicyclic amines) is 1. The lowest BCUT2D eigenvalue weighted by Crippen LogP contribution is -2.29. The molecule has 2 aliphatic rings. The number of piperidine rings is 1. The maximum Gasteiger partial charge on any atom is 0.271 e. The molecular weight excluding hydrogens is 304 g/mol. The van der Waals surface area contributed by atoms with Crippen LogP contribution < -0.4 is 0 Å². The number of benzene rings is 1. The fraction of sp³-hybridized carbons (Fsp3) is 0.500. The first-order valence-electron chi connectivity index (χ1n) is 8.62. The number of nitrogens with zero attached hydrogens (tertiary/aromatic N) is 4. The van der Waals surface area contributed by atoms with Gasteiger partial charge in [0.1, 0.15) is 0 Å². The summed E-state index contributed by atoms with van der Waals surface area (Å²) in [5, 5.41) is 8.05. The van der Waals surface area contributed by atoms with Crippen molar-refractivity contribution in [2.75, 3.05) is 13.1 Å². The predicted octanol–water partition coefficient (Wildman–Crippen LogP) is 3.56. The molecule has 1 aromatic heterocycles. The molecule has 2 aromatic rings. The minimum absolute atomic E-state index is 0.247. The van der Waals surface area contributed by atoms with Crippen LogP contribution in [0, 0.1) is 0 Å². The van der Waals surface area contributed by atoms with Crippen molar-refractivity contribution in [3.63, 3.8) is 0 Å². The smallest absolute Gasteiger partial charge is 0.271 e. The first-order valence-corrected chi connectivity index (χ1v) is 8.62. The lowest BCUT2D eigenvalue weighted by molar-refractivity contribution is 0.0599.